The third-order valence-corrected chi connectivity index (χ3v) is 5.61. The largest absolute Gasteiger partial charge is 0.492 e. The van der Waals surface area contributed by atoms with Crippen molar-refractivity contribution in [2.24, 2.45) is 0 Å². The fourth-order valence-corrected chi connectivity index (χ4v) is 3.59. The first-order valence-electron chi connectivity index (χ1n) is 9.20. The maximum atomic E-state index is 12.2. The van der Waals surface area contributed by atoms with Crippen molar-refractivity contribution in [2.75, 3.05) is 30.3 Å². The van der Waals surface area contributed by atoms with Gasteiger partial charge in [0.25, 0.3) is 0 Å². The fraction of sp³-hybridized carbons (Fsp3) is 0.381. The van der Waals surface area contributed by atoms with Gasteiger partial charge in [-0.05, 0) is 47.4 Å². The van der Waals surface area contributed by atoms with Crippen LogP contribution in [0.2, 0.25) is 5.02 Å². The Hall–Kier alpha value is -2.25. The van der Waals surface area contributed by atoms with Gasteiger partial charge in [-0.15, -0.1) is 0 Å². The van der Waals surface area contributed by atoms with Crippen molar-refractivity contribution in [1.29, 1.82) is 0 Å². The van der Waals surface area contributed by atoms with Gasteiger partial charge in [0.1, 0.15) is 18.9 Å². The first-order valence-corrected chi connectivity index (χ1v) is 11.4. The number of carbonyl (C=O) groups is 1. The highest BCUT2D eigenvalue weighted by molar-refractivity contribution is 7.92. The average Bonchev–Trinajstić information content (AvgIpc) is 2.63. The van der Waals surface area contributed by atoms with Crippen LogP contribution in [0.3, 0.4) is 0 Å². The summed E-state index contributed by atoms with van der Waals surface area (Å²) in [5, 5.41) is 3.16. The molecule has 0 fully saturated rings. The van der Waals surface area contributed by atoms with Crippen molar-refractivity contribution in [3.8, 4) is 5.75 Å². The molecule has 8 heteroatoms. The Balaban J connectivity index is 1.85. The van der Waals surface area contributed by atoms with Crippen molar-refractivity contribution in [3.63, 3.8) is 0 Å². The SMILES string of the molecule is CC(C)(C)c1ccc(OCCNC(=O)CN(c2ccc(Cl)cc2)S(C)(=O)=O)cc1. The maximum absolute atomic E-state index is 12.2. The van der Waals surface area contributed by atoms with E-state index >= 15 is 0 Å². The van der Waals surface area contributed by atoms with E-state index in [9.17, 15) is 13.2 Å². The summed E-state index contributed by atoms with van der Waals surface area (Å²) in [5.41, 5.74) is 1.66. The third kappa shape index (κ3) is 7.25. The summed E-state index contributed by atoms with van der Waals surface area (Å²) < 4.78 is 30.8. The highest BCUT2D eigenvalue weighted by atomic mass is 35.5. The molecule has 0 heterocycles. The molecular formula is C21H27ClN2O4S. The normalized spacial score (nSPS) is 11.8. The number of carbonyl (C=O) groups excluding carboxylic acids is 1. The fourth-order valence-electron chi connectivity index (χ4n) is 2.60. The second-order valence-corrected chi connectivity index (χ2v) is 10.1. The number of amides is 1. The van der Waals surface area contributed by atoms with Crippen LogP contribution in [-0.4, -0.2) is 40.3 Å². The van der Waals surface area contributed by atoms with E-state index in [-0.39, 0.29) is 25.1 Å². The third-order valence-electron chi connectivity index (χ3n) is 4.22. The molecule has 0 aliphatic rings. The number of nitrogens with one attached hydrogen (secondary N) is 1. The number of nitrogens with zero attached hydrogens (tertiary/aromatic N) is 1. The number of benzene rings is 2. The first-order chi connectivity index (χ1) is 13.5. The summed E-state index contributed by atoms with van der Waals surface area (Å²) in [6, 6.07) is 14.1. The lowest BCUT2D eigenvalue weighted by Gasteiger charge is -2.22. The van der Waals surface area contributed by atoms with Gasteiger partial charge in [-0.25, -0.2) is 8.42 Å². The number of sulfonamides is 1. The van der Waals surface area contributed by atoms with Crippen molar-refractivity contribution in [2.45, 2.75) is 26.2 Å². The molecular weight excluding hydrogens is 412 g/mol. The van der Waals surface area contributed by atoms with Crippen LogP contribution in [0.5, 0.6) is 5.75 Å². The summed E-state index contributed by atoms with van der Waals surface area (Å²) in [5.74, 6) is 0.295. The van der Waals surface area contributed by atoms with E-state index in [1.165, 1.54) is 5.56 Å². The van der Waals surface area contributed by atoms with Crippen molar-refractivity contribution < 1.29 is 17.9 Å². The molecule has 1 N–H and O–H groups in total. The van der Waals surface area contributed by atoms with E-state index in [0.29, 0.717) is 16.5 Å². The van der Waals surface area contributed by atoms with E-state index in [1.54, 1.807) is 24.3 Å². The lowest BCUT2D eigenvalue weighted by atomic mass is 9.87. The van der Waals surface area contributed by atoms with E-state index in [1.807, 2.05) is 24.3 Å². The molecule has 158 valence electrons. The molecule has 1 amide bonds. The summed E-state index contributed by atoms with van der Waals surface area (Å²) >= 11 is 5.84. The minimum Gasteiger partial charge on any atom is -0.492 e. The van der Waals surface area contributed by atoms with Crippen LogP contribution in [0.4, 0.5) is 5.69 Å². The minimum atomic E-state index is -3.62. The number of hydrogen-bond donors (Lipinski definition) is 1. The lowest BCUT2D eigenvalue weighted by molar-refractivity contribution is -0.119. The van der Waals surface area contributed by atoms with Gasteiger partial charge in [-0.3, -0.25) is 9.10 Å². The van der Waals surface area contributed by atoms with Crippen molar-refractivity contribution >= 4 is 33.2 Å². The monoisotopic (exact) mass is 438 g/mol. The Labute approximate surface area is 177 Å². The zero-order valence-corrected chi connectivity index (χ0v) is 18.7. The lowest BCUT2D eigenvalue weighted by Crippen LogP contribution is -2.41. The number of ether oxygens (including phenoxy) is 1. The van der Waals surface area contributed by atoms with Crippen LogP contribution >= 0.6 is 11.6 Å². The predicted molar refractivity (Wildman–Crippen MR) is 117 cm³/mol. The van der Waals surface area contributed by atoms with E-state index in [4.69, 9.17) is 16.3 Å². The molecule has 0 atom stereocenters. The molecule has 0 aromatic heterocycles. The quantitative estimate of drug-likeness (QED) is 0.639. The molecule has 0 saturated carbocycles. The first kappa shape index (κ1) is 23.0. The molecule has 0 aliphatic heterocycles. The molecule has 0 spiro atoms. The van der Waals surface area contributed by atoms with Crippen molar-refractivity contribution in [3.05, 3.63) is 59.1 Å². The molecule has 0 saturated heterocycles. The minimum absolute atomic E-state index is 0.0715. The van der Waals surface area contributed by atoms with Crippen molar-refractivity contribution in [1.82, 2.24) is 5.32 Å². The Morgan fingerprint density at radius 2 is 1.66 bits per heavy atom. The number of rotatable bonds is 8. The smallest absolute Gasteiger partial charge is 0.240 e. The Morgan fingerprint density at radius 3 is 2.17 bits per heavy atom. The summed E-state index contributed by atoms with van der Waals surface area (Å²) in [4.78, 5) is 12.2. The van der Waals surface area contributed by atoms with Gasteiger partial charge in [-0.2, -0.15) is 0 Å². The average molecular weight is 439 g/mol. The van der Waals surface area contributed by atoms with Crippen LogP contribution in [0.15, 0.2) is 48.5 Å². The summed E-state index contributed by atoms with van der Waals surface area (Å²) in [7, 11) is -3.62. The zero-order chi connectivity index (χ0) is 21.7. The topological polar surface area (TPSA) is 75.7 Å². The predicted octanol–water partition coefficient (Wildman–Crippen LogP) is 3.60. The van der Waals surface area contributed by atoms with Gasteiger partial charge in [0.05, 0.1) is 18.5 Å². The second-order valence-electron chi connectivity index (χ2n) is 7.72. The number of halogens is 1. The van der Waals surface area contributed by atoms with Crippen LogP contribution in [0.25, 0.3) is 0 Å². The molecule has 6 nitrogen and oxygen atoms in total. The number of hydrogen-bond acceptors (Lipinski definition) is 4. The van der Waals surface area contributed by atoms with Gasteiger partial charge >= 0.3 is 0 Å². The molecule has 2 aromatic rings. The molecule has 0 unspecified atom stereocenters. The summed E-state index contributed by atoms with van der Waals surface area (Å²) in [6.07, 6.45) is 1.05. The van der Waals surface area contributed by atoms with Crippen LogP contribution < -0.4 is 14.4 Å². The molecule has 2 rings (SSSR count). The van der Waals surface area contributed by atoms with Gasteiger partial charge in [0.2, 0.25) is 15.9 Å². The van der Waals surface area contributed by atoms with Crippen LogP contribution in [-0.2, 0) is 20.2 Å². The highest BCUT2D eigenvalue weighted by Gasteiger charge is 2.20. The van der Waals surface area contributed by atoms with Gasteiger partial charge < -0.3 is 10.1 Å². The molecule has 0 radical (unpaired) electrons. The van der Waals surface area contributed by atoms with Gasteiger partial charge in [0.15, 0.2) is 0 Å². The molecule has 0 aliphatic carbocycles. The van der Waals surface area contributed by atoms with Gasteiger partial charge in [0, 0.05) is 5.02 Å². The highest BCUT2D eigenvalue weighted by Crippen LogP contribution is 2.24. The number of anilines is 1. The van der Waals surface area contributed by atoms with E-state index in [2.05, 4.69) is 26.1 Å². The molecule has 0 bridgehead atoms. The zero-order valence-electron chi connectivity index (χ0n) is 17.1. The van der Waals surface area contributed by atoms with Crippen LogP contribution in [0, 0.1) is 0 Å². The maximum Gasteiger partial charge on any atom is 0.240 e. The molecule has 29 heavy (non-hydrogen) atoms. The second kappa shape index (κ2) is 9.50. The summed E-state index contributed by atoms with van der Waals surface area (Å²) in [6.45, 7) is 6.64. The Kier molecular flexibility index (Phi) is 7.54. The van der Waals surface area contributed by atoms with Crippen LogP contribution in [0.1, 0.15) is 26.3 Å². The van der Waals surface area contributed by atoms with Gasteiger partial charge in [-0.1, -0.05) is 44.5 Å². The Morgan fingerprint density at radius 1 is 1.07 bits per heavy atom. The van der Waals surface area contributed by atoms with E-state index < -0.39 is 15.9 Å². The molecule has 2 aromatic carbocycles. The van der Waals surface area contributed by atoms with E-state index in [0.717, 1.165) is 10.6 Å². The standard InChI is InChI=1S/C21H27ClN2O4S/c1-21(2,3)16-5-11-19(12-6-16)28-14-13-23-20(25)15-24(29(4,26)27)18-9-7-17(22)8-10-18/h5-12H,13-15H2,1-4H3,(H,23,25). The Bertz CT molecular complexity index is 921.